The van der Waals surface area contributed by atoms with Crippen LogP contribution in [0.15, 0.2) is 36.4 Å². The lowest BCUT2D eigenvalue weighted by molar-refractivity contribution is -0.116. The van der Waals surface area contributed by atoms with Crippen LogP contribution >= 0.6 is 0 Å². The van der Waals surface area contributed by atoms with E-state index in [1.54, 1.807) is 23.1 Å². The lowest BCUT2D eigenvalue weighted by Gasteiger charge is -2.37. The van der Waals surface area contributed by atoms with E-state index in [4.69, 9.17) is 5.73 Å². The van der Waals surface area contributed by atoms with E-state index in [1.165, 1.54) is 6.07 Å². The Bertz CT molecular complexity index is 1230. The number of fused-ring (bicyclic) bond motifs is 1. The summed E-state index contributed by atoms with van der Waals surface area (Å²) >= 11 is 0. The summed E-state index contributed by atoms with van der Waals surface area (Å²) in [6.45, 7) is 0. The summed E-state index contributed by atoms with van der Waals surface area (Å²) in [4.78, 5) is 41.6. The van der Waals surface area contributed by atoms with Gasteiger partial charge in [-0.1, -0.05) is 32.1 Å². The highest BCUT2D eigenvalue weighted by Crippen LogP contribution is 2.39. The van der Waals surface area contributed by atoms with Crippen molar-refractivity contribution in [1.82, 2.24) is 5.32 Å². The number of carbonyl (C=O) groups is 3. The van der Waals surface area contributed by atoms with Gasteiger partial charge < -0.3 is 21.3 Å². The second kappa shape index (κ2) is 11.2. The average molecular weight is 525 g/mol. The van der Waals surface area contributed by atoms with Crippen molar-refractivity contribution in [3.8, 4) is 0 Å². The van der Waals surface area contributed by atoms with E-state index < -0.39 is 23.6 Å². The fraction of sp³-hybridized carbons (Fsp3) is 0.483. The molecule has 38 heavy (non-hydrogen) atoms. The molecule has 2 fully saturated rings. The molecule has 2 aliphatic carbocycles. The van der Waals surface area contributed by atoms with E-state index in [0.717, 1.165) is 69.9 Å². The Morgan fingerprint density at radius 2 is 1.61 bits per heavy atom. The fourth-order valence-electron chi connectivity index (χ4n) is 6.16. The van der Waals surface area contributed by atoms with Crippen LogP contribution in [0, 0.1) is 17.6 Å². The van der Waals surface area contributed by atoms with Gasteiger partial charge in [-0.15, -0.1) is 0 Å². The van der Waals surface area contributed by atoms with Crippen LogP contribution in [0.4, 0.5) is 20.2 Å². The van der Waals surface area contributed by atoms with E-state index in [0.29, 0.717) is 16.9 Å². The molecule has 5 rings (SSSR count). The Kier molecular flexibility index (Phi) is 7.74. The molecule has 9 heteroatoms. The summed E-state index contributed by atoms with van der Waals surface area (Å²) in [6, 6.07) is 7.28. The molecule has 1 aliphatic heterocycles. The topological polar surface area (TPSA) is 105 Å². The number of benzene rings is 2. The Balaban J connectivity index is 1.51. The number of nitrogens with one attached hydrogen (secondary N) is 2. The Morgan fingerprint density at radius 1 is 0.895 bits per heavy atom. The molecule has 0 radical (unpaired) electrons. The molecule has 2 aromatic carbocycles. The maximum Gasteiger partial charge on any atom is 0.258 e. The number of carbonyl (C=O) groups excluding carboxylic acids is 3. The largest absolute Gasteiger partial charge is 0.348 e. The molecule has 3 atom stereocenters. The van der Waals surface area contributed by atoms with Gasteiger partial charge in [0.2, 0.25) is 5.91 Å². The predicted molar refractivity (Wildman–Crippen MR) is 141 cm³/mol. The number of halogens is 2. The van der Waals surface area contributed by atoms with Crippen molar-refractivity contribution in [2.24, 2.45) is 11.7 Å². The maximum absolute atomic E-state index is 14.1. The van der Waals surface area contributed by atoms with Crippen LogP contribution in [-0.4, -0.2) is 35.8 Å². The van der Waals surface area contributed by atoms with E-state index in [1.807, 2.05) is 0 Å². The molecular weight excluding hydrogens is 490 g/mol. The average Bonchev–Trinajstić information content (AvgIpc) is 3.06. The Labute approximate surface area is 221 Å². The highest BCUT2D eigenvalue weighted by molar-refractivity contribution is 6.12. The van der Waals surface area contributed by atoms with E-state index in [9.17, 15) is 23.2 Å². The van der Waals surface area contributed by atoms with Gasteiger partial charge in [-0.3, -0.25) is 14.4 Å². The molecule has 4 N–H and O–H groups in total. The van der Waals surface area contributed by atoms with Crippen molar-refractivity contribution in [1.29, 1.82) is 0 Å². The molecule has 2 saturated carbocycles. The minimum Gasteiger partial charge on any atom is -0.348 e. The standard InChI is InChI=1S/C29H34F2N4O3/c30-20-12-10-19(14-21(20)31)29(38)35-25-13-11-18(28(37)34-23-9-5-4-8-22(23)32)15-24(25)33-27(36)16-26(35)17-6-2-1-3-7-17/h10-15,17,22-23,26H,1-9,16,32H2,(H,33,36)(H,34,37). The zero-order valence-corrected chi connectivity index (χ0v) is 21.3. The quantitative estimate of drug-likeness (QED) is 0.529. The van der Waals surface area contributed by atoms with Gasteiger partial charge in [0.15, 0.2) is 11.6 Å². The summed E-state index contributed by atoms with van der Waals surface area (Å²) in [5.74, 6) is -3.12. The van der Waals surface area contributed by atoms with E-state index in [-0.39, 0.29) is 41.8 Å². The van der Waals surface area contributed by atoms with Crippen molar-refractivity contribution in [3.05, 3.63) is 59.2 Å². The van der Waals surface area contributed by atoms with Crippen molar-refractivity contribution in [2.75, 3.05) is 10.2 Å². The number of rotatable bonds is 4. The number of hydrogen-bond donors (Lipinski definition) is 3. The first-order chi connectivity index (χ1) is 18.3. The number of hydrogen-bond acceptors (Lipinski definition) is 4. The molecule has 7 nitrogen and oxygen atoms in total. The third-order valence-corrected chi connectivity index (χ3v) is 8.23. The van der Waals surface area contributed by atoms with Crippen molar-refractivity contribution in [3.63, 3.8) is 0 Å². The van der Waals surface area contributed by atoms with Gasteiger partial charge in [-0.25, -0.2) is 8.78 Å². The minimum atomic E-state index is -1.11. The van der Waals surface area contributed by atoms with Crippen molar-refractivity contribution in [2.45, 2.75) is 82.3 Å². The van der Waals surface area contributed by atoms with Crippen molar-refractivity contribution >= 4 is 29.1 Å². The van der Waals surface area contributed by atoms with Gasteiger partial charge in [0.05, 0.1) is 11.4 Å². The third-order valence-electron chi connectivity index (χ3n) is 8.23. The minimum absolute atomic E-state index is 0.00175. The fourth-order valence-corrected chi connectivity index (χ4v) is 6.16. The summed E-state index contributed by atoms with van der Waals surface area (Å²) in [5, 5.41) is 5.90. The van der Waals surface area contributed by atoms with Crippen LogP contribution in [0.25, 0.3) is 0 Å². The summed E-state index contributed by atoms with van der Waals surface area (Å²) in [6.07, 6.45) is 8.65. The zero-order chi connectivity index (χ0) is 26.8. The van der Waals surface area contributed by atoms with Crippen LogP contribution in [0.3, 0.4) is 0 Å². The lowest BCUT2D eigenvalue weighted by Crippen LogP contribution is -2.49. The molecule has 3 unspecified atom stereocenters. The molecule has 3 aliphatic rings. The number of anilines is 2. The second-order valence-electron chi connectivity index (χ2n) is 10.8. The van der Waals surface area contributed by atoms with Gasteiger partial charge in [0.1, 0.15) is 0 Å². The maximum atomic E-state index is 14.1. The highest BCUT2D eigenvalue weighted by atomic mass is 19.2. The SMILES string of the molecule is NC1CCCCC1NC(=O)c1ccc2c(c1)NC(=O)CC(C1CCCCC1)N2C(=O)c1ccc(F)c(F)c1. The van der Waals surface area contributed by atoms with Crippen LogP contribution in [0.1, 0.15) is 84.9 Å². The van der Waals surface area contributed by atoms with Crippen molar-refractivity contribution < 1.29 is 23.2 Å². The van der Waals surface area contributed by atoms with E-state index >= 15 is 0 Å². The highest BCUT2D eigenvalue weighted by Gasteiger charge is 2.38. The Hall–Kier alpha value is -3.33. The Morgan fingerprint density at radius 3 is 2.34 bits per heavy atom. The molecule has 3 amide bonds. The van der Waals surface area contributed by atoms with Crippen LogP contribution in [0.5, 0.6) is 0 Å². The number of amides is 3. The first kappa shape index (κ1) is 26.3. The number of nitrogens with two attached hydrogens (primary N) is 1. The summed E-state index contributed by atoms with van der Waals surface area (Å²) in [5.41, 5.74) is 7.32. The lowest BCUT2D eigenvalue weighted by atomic mass is 9.81. The van der Waals surface area contributed by atoms with E-state index in [2.05, 4.69) is 10.6 Å². The molecule has 202 valence electrons. The predicted octanol–water partition coefficient (Wildman–Crippen LogP) is 4.90. The van der Waals surface area contributed by atoms with Gasteiger partial charge in [0.25, 0.3) is 11.8 Å². The van der Waals surface area contributed by atoms with Gasteiger partial charge in [-0.05, 0) is 68.0 Å². The third kappa shape index (κ3) is 5.43. The molecule has 0 spiro atoms. The summed E-state index contributed by atoms with van der Waals surface area (Å²) < 4.78 is 27.7. The summed E-state index contributed by atoms with van der Waals surface area (Å²) in [7, 11) is 0. The number of nitrogens with zero attached hydrogens (tertiary/aromatic N) is 1. The zero-order valence-electron chi connectivity index (χ0n) is 21.3. The van der Waals surface area contributed by atoms with Gasteiger partial charge in [0, 0.05) is 35.7 Å². The molecular formula is C29H34F2N4O3. The second-order valence-corrected chi connectivity index (χ2v) is 10.8. The normalized spacial score (nSPS) is 24.2. The van der Waals surface area contributed by atoms with Crippen LogP contribution in [-0.2, 0) is 4.79 Å². The first-order valence-corrected chi connectivity index (χ1v) is 13.6. The van der Waals surface area contributed by atoms with Crippen LogP contribution < -0.4 is 21.3 Å². The van der Waals surface area contributed by atoms with Crippen LogP contribution in [0.2, 0.25) is 0 Å². The monoisotopic (exact) mass is 524 g/mol. The molecule has 1 heterocycles. The molecule has 0 bridgehead atoms. The smallest absolute Gasteiger partial charge is 0.258 e. The molecule has 0 aromatic heterocycles. The molecule has 0 saturated heterocycles. The van der Waals surface area contributed by atoms with Gasteiger partial charge in [-0.2, -0.15) is 0 Å². The first-order valence-electron chi connectivity index (χ1n) is 13.6. The van der Waals surface area contributed by atoms with Gasteiger partial charge >= 0.3 is 0 Å². The molecule has 2 aromatic rings.